The van der Waals surface area contributed by atoms with Crippen molar-refractivity contribution in [3.63, 3.8) is 0 Å². The van der Waals surface area contributed by atoms with E-state index in [2.05, 4.69) is 31.9 Å². The van der Waals surface area contributed by atoms with Crippen LogP contribution < -0.4 is 0 Å². The van der Waals surface area contributed by atoms with Gasteiger partial charge in [-0.05, 0) is 20.3 Å². The lowest BCUT2D eigenvalue weighted by Crippen LogP contribution is -2.37. The minimum atomic E-state index is -2.87. The Balaban J connectivity index is 0. The highest BCUT2D eigenvalue weighted by molar-refractivity contribution is 9.09. The highest BCUT2D eigenvalue weighted by Crippen LogP contribution is 2.23. The molecule has 0 bridgehead atoms. The zero-order chi connectivity index (χ0) is 15.3. The van der Waals surface area contributed by atoms with Crippen molar-refractivity contribution in [2.45, 2.75) is 38.6 Å². The van der Waals surface area contributed by atoms with Gasteiger partial charge in [0, 0.05) is 34.9 Å². The fourth-order valence-electron chi connectivity index (χ4n) is 1.25. The van der Waals surface area contributed by atoms with E-state index < -0.39 is 13.9 Å². The van der Waals surface area contributed by atoms with Gasteiger partial charge < -0.3 is 14.6 Å². The summed E-state index contributed by atoms with van der Waals surface area (Å²) in [7, 11) is -2.87. The summed E-state index contributed by atoms with van der Waals surface area (Å²) >= 11 is 6.65. The molecule has 0 aliphatic heterocycles. The maximum Gasteiger partial charge on any atom is 0.692 e. The van der Waals surface area contributed by atoms with E-state index in [-0.39, 0.29) is 6.29 Å². The minimum Gasteiger partial charge on any atom is -0.389 e. The van der Waals surface area contributed by atoms with Gasteiger partial charge in [-0.3, -0.25) is 0 Å². The van der Waals surface area contributed by atoms with E-state index in [1.54, 1.807) is 0 Å². The molecule has 0 fully saturated rings. The van der Waals surface area contributed by atoms with Crippen LogP contribution in [0.1, 0.15) is 26.7 Å². The lowest BCUT2D eigenvalue weighted by Gasteiger charge is -2.29. The van der Waals surface area contributed by atoms with Crippen LogP contribution in [-0.2, 0) is 14.0 Å². The Morgan fingerprint density at radius 2 is 1.63 bits per heavy atom. The van der Waals surface area contributed by atoms with Crippen molar-refractivity contribution in [2.75, 3.05) is 23.9 Å². The normalized spacial score (nSPS) is 13.7. The van der Waals surface area contributed by atoms with Crippen LogP contribution in [0.25, 0.3) is 0 Å². The lowest BCUT2D eigenvalue weighted by atomic mass is 9.99. The summed E-state index contributed by atoms with van der Waals surface area (Å²) in [4.78, 5) is 14.2. The van der Waals surface area contributed by atoms with E-state index in [1.165, 1.54) is 0 Å². The molecule has 6 nitrogen and oxygen atoms in total. The van der Waals surface area contributed by atoms with Crippen LogP contribution >= 0.6 is 40.1 Å². The van der Waals surface area contributed by atoms with Gasteiger partial charge in [-0.25, -0.2) is 0 Å². The number of rotatable bonds is 9. The molecule has 0 rings (SSSR count). The van der Waals surface area contributed by atoms with Gasteiger partial charge in [-0.2, -0.15) is 0 Å². The standard InChI is InChI=1S/C10H20Br2O3.HO3P/c1-3-14-9(15-4-2)7-10(13,8-12)5-6-11;1-4(2)3/h9,13H,3-8H2,1-2H3;(H-,1,2,3)/p+1. The smallest absolute Gasteiger partial charge is 0.389 e. The summed E-state index contributed by atoms with van der Waals surface area (Å²) in [6.45, 7) is 5.03. The van der Waals surface area contributed by atoms with Crippen LogP contribution in [0.4, 0.5) is 0 Å². The van der Waals surface area contributed by atoms with Crippen LogP contribution in [0, 0.1) is 0 Å². The molecule has 0 amide bonds. The Kier molecular flexibility index (Phi) is 16.1. The molecule has 116 valence electrons. The molecule has 0 saturated carbocycles. The highest BCUT2D eigenvalue weighted by Gasteiger charge is 2.29. The lowest BCUT2D eigenvalue weighted by molar-refractivity contribution is -0.165. The van der Waals surface area contributed by atoms with Crippen LogP contribution in [0.5, 0.6) is 0 Å². The molecule has 0 saturated heterocycles. The monoisotopic (exact) mass is 427 g/mol. The molecule has 9 heteroatoms. The minimum absolute atomic E-state index is 0.318. The topological polar surface area (TPSA) is 96.2 Å². The summed E-state index contributed by atoms with van der Waals surface area (Å²) in [5.74, 6) is 0. The fraction of sp³-hybridized carbons (Fsp3) is 1.00. The molecule has 0 aromatic carbocycles. The van der Waals surface area contributed by atoms with Gasteiger partial charge in [0.1, 0.15) is 0 Å². The number of halogens is 2. The predicted molar refractivity (Wildman–Crippen MR) is 80.9 cm³/mol. The molecule has 3 N–H and O–H groups in total. The fourth-order valence-corrected chi connectivity index (χ4v) is 2.49. The highest BCUT2D eigenvalue weighted by atomic mass is 79.9. The number of hydrogen-bond donors (Lipinski definition) is 3. The maximum atomic E-state index is 10.2. The largest absolute Gasteiger partial charge is 0.692 e. The van der Waals surface area contributed by atoms with Crippen molar-refractivity contribution in [2.24, 2.45) is 0 Å². The zero-order valence-corrected chi connectivity index (χ0v) is 15.2. The molecule has 0 aromatic heterocycles. The molecule has 1 atom stereocenters. The average molecular weight is 429 g/mol. The summed E-state index contributed by atoms with van der Waals surface area (Å²) < 4.78 is 19.5. The second-order valence-corrected chi connectivity index (χ2v) is 5.45. The van der Waals surface area contributed by atoms with Gasteiger partial charge in [0.25, 0.3) is 0 Å². The molecule has 0 aliphatic rings. The first-order valence-electron chi connectivity index (χ1n) is 5.77. The third-order valence-electron chi connectivity index (χ3n) is 2.06. The average Bonchev–Trinajstić information content (AvgIpc) is 2.29. The Morgan fingerprint density at radius 1 is 1.21 bits per heavy atom. The summed E-state index contributed by atoms with van der Waals surface area (Å²) in [6, 6.07) is 0. The van der Waals surface area contributed by atoms with Crippen molar-refractivity contribution in [3.8, 4) is 0 Å². The third-order valence-corrected chi connectivity index (χ3v) is 3.50. The van der Waals surface area contributed by atoms with Gasteiger partial charge in [0.15, 0.2) is 6.29 Å². The Hall–Kier alpha value is 0.860. The number of aliphatic hydroxyl groups is 1. The Labute approximate surface area is 131 Å². The zero-order valence-electron chi connectivity index (χ0n) is 11.1. The van der Waals surface area contributed by atoms with Crippen LogP contribution in [0.2, 0.25) is 0 Å². The Morgan fingerprint density at radius 3 is 1.89 bits per heavy atom. The first-order valence-corrected chi connectivity index (χ1v) is 9.18. The van der Waals surface area contributed by atoms with Gasteiger partial charge in [-0.1, -0.05) is 31.9 Å². The quantitative estimate of drug-likeness (QED) is 0.296. The second kappa shape index (κ2) is 13.8. The third kappa shape index (κ3) is 15.1. The molecule has 0 heterocycles. The number of ether oxygens (including phenoxy) is 2. The molecule has 0 spiro atoms. The van der Waals surface area contributed by atoms with Gasteiger partial charge in [0.05, 0.1) is 5.60 Å². The van der Waals surface area contributed by atoms with E-state index in [4.69, 9.17) is 23.8 Å². The van der Waals surface area contributed by atoms with Crippen LogP contribution in [0.15, 0.2) is 0 Å². The van der Waals surface area contributed by atoms with Crippen LogP contribution in [-0.4, -0.2) is 50.7 Å². The van der Waals surface area contributed by atoms with Gasteiger partial charge in [-0.15, -0.1) is 9.79 Å². The van der Waals surface area contributed by atoms with Crippen LogP contribution in [0.3, 0.4) is 0 Å². The molecular weight excluding hydrogens is 407 g/mol. The predicted octanol–water partition coefficient (Wildman–Crippen LogP) is 2.32. The molecule has 0 aromatic rings. The van der Waals surface area contributed by atoms with Crippen molar-refractivity contribution in [1.29, 1.82) is 0 Å². The molecular formula is C10H22Br2O6P+. The number of alkyl halides is 2. The summed E-state index contributed by atoms with van der Waals surface area (Å²) in [5.41, 5.74) is -0.765. The summed E-state index contributed by atoms with van der Waals surface area (Å²) in [5, 5.41) is 11.5. The van der Waals surface area contributed by atoms with E-state index >= 15 is 0 Å². The van der Waals surface area contributed by atoms with Crippen molar-refractivity contribution >= 4 is 40.1 Å². The molecule has 19 heavy (non-hydrogen) atoms. The van der Waals surface area contributed by atoms with E-state index in [0.29, 0.717) is 31.4 Å². The van der Waals surface area contributed by atoms with Gasteiger partial charge >= 0.3 is 8.25 Å². The van der Waals surface area contributed by atoms with Crippen molar-refractivity contribution in [1.82, 2.24) is 0 Å². The first kappa shape index (κ1) is 22.1. The van der Waals surface area contributed by atoms with Crippen molar-refractivity contribution < 1.29 is 28.9 Å². The van der Waals surface area contributed by atoms with E-state index in [0.717, 1.165) is 5.33 Å². The van der Waals surface area contributed by atoms with Crippen molar-refractivity contribution in [3.05, 3.63) is 0 Å². The SMILES string of the molecule is CCOC(CC(O)(CBr)CCBr)OCC.O=[P+](O)O. The van der Waals surface area contributed by atoms with E-state index in [1.807, 2.05) is 13.8 Å². The molecule has 0 aliphatic carbocycles. The Bertz CT molecular complexity index is 224. The maximum absolute atomic E-state index is 10.2. The molecule has 1 unspecified atom stereocenters. The van der Waals surface area contributed by atoms with E-state index in [9.17, 15) is 5.11 Å². The summed E-state index contributed by atoms with van der Waals surface area (Å²) in [6.07, 6.45) is 0.849. The second-order valence-electron chi connectivity index (χ2n) is 3.59. The molecule has 0 radical (unpaired) electrons. The number of hydrogen-bond acceptors (Lipinski definition) is 4. The first-order chi connectivity index (χ1) is 8.85. The van der Waals surface area contributed by atoms with Gasteiger partial charge in [0.2, 0.25) is 0 Å².